The molecule has 23 heavy (non-hydrogen) atoms. The van der Waals surface area contributed by atoms with Crippen molar-refractivity contribution in [1.82, 2.24) is 4.98 Å². The van der Waals surface area contributed by atoms with E-state index in [1.807, 2.05) is 54.8 Å². The van der Waals surface area contributed by atoms with Crippen molar-refractivity contribution in [1.29, 1.82) is 0 Å². The lowest BCUT2D eigenvalue weighted by atomic mass is 10.2. The van der Waals surface area contributed by atoms with Gasteiger partial charge >= 0.3 is 0 Å². The predicted molar refractivity (Wildman–Crippen MR) is 95.7 cm³/mol. The van der Waals surface area contributed by atoms with E-state index >= 15 is 0 Å². The highest BCUT2D eigenvalue weighted by Crippen LogP contribution is 2.35. The average molecular weight is 346 g/mol. The number of hydrogen-bond donors (Lipinski definition) is 0. The van der Waals surface area contributed by atoms with Crippen LogP contribution in [0.1, 0.15) is 6.92 Å². The van der Waals surface area contributed by atoms with Crippen molar-refractivity contribution in [2.45, 2.75) is 6.92 Å². The van der Waals surface area contributed by atoms with E-state index in [1.54, 1.807) is 18.4 Å². The Kier molecular flexibility index (Phi) is 4.84. The monoisotopic (exact) mass is 345 g/mol. The van der Waals surface area contributed by atoms with Gasteiger partial charge in [0.1, 0.15) is 5.01 Å². The molecule has 0 amide bonds. The van der Waals surface area contributed by atoms with E-state index in [0.717, 1.165) is 32.6 Å². The van der Waals surface area contributed by atoms with E-state index in [9.17, 15) is 0 Å². The van der Waals surface area contributed by atoms with Gasteiger partial charge in [0.05, 0.1) is 19.4 Å². The van der Waals surface area contributed by atoms with Crippen molar-refractivity contribution in [3.05, 3.63) is 52.9 Å². The average Bonchev–Trinajstić information content (AvgIpc) is 3.06. The Morgan fingerprint density at radius 2 is 1.78 bits per heavy atom. The fourth-order valence-electron chi connectivity index (χ4n) is 2.23. The van der Waals surface area contributed by atoms with Crippen molar-refractivity contribution in [3.8, 4) is 33.3 Å². The lowest BCUT2D eigenvalue weighted by Crippen LogP contribution is -1.95. The highest BCUT2D eigenvalue weighted by molar-refractivity contribution is 7.13. The van der Waals surface area contributed by atoms with Crippen LogP contribution in [0.25, 0.3) is 21.8 Å². The molecule has 1 heterocycles. The van der Waals surface area contributed by atoms with E-state index in [2.05, 4.69) is 0 Å². The summed E-state index contributed by atoms with van der Waals surface area (Å²) >= 11 is 7.53. The largest absolute Gasteiger partial charge is 0.493 e. The van der Waals surface area contributed by atoms with E-state index in [0.29, 0.717) is 12.4 Å². The number of halogens is 1. The van der Waals surface area contributed by atoms with E-state index in [1.165, 1.54) is 0 Å². The van der Waals surface area contributed by atoms with Crippen molar-refractivity contribution in [2.75, 3.05) is 13.7 Å². The summed E-state index contributed by atoms with van der Waals surface area (Å²) in [5.74, 6) is 1.46. The Balaban J connectivity index is 1.92. The first kappa shape index (κ1) is 15.8. The molecule has 0 saturated heterocycles. The van der Waals surface area contributed by atoms with E-state index in [-0.39, 0.29) is 0 Å². The minimum absolute atomic E-state index is 0.605. The molecule has 0 unspecified atom stereocenters. The van der Waals surface area contributed by atoms with Gasteiger partial charge in [0, 0.05) is 21.5 Å². The molecule has 0 fully saturated rings. The van der Waals surface area contributed by atoms with Gasteiger partial charge in [0.15, 0.2) is 11.5 Å². The van der Waals surface area contributed by atoms with Crippen molar-refractivity contribution < 1.29 is 9.47 Å². The standard InChI is InChI=1S/C18H16ClNO2S/c1-3-22-16-9-6-13(10-17(16)21-2)18-20-15(11-23-18)12-4-7-14(19)8-5-12/h4-11H,3H2,1-2H3. The summed E-state index contributed by atoms with van der Waals surface area (Å²) < 4.78 is 11.0. The Bertz CT molecular complexity index is 799. The highest BCUT2D eigenvalue weighted by Gasteiger charge is 2.10. The summed E-state index contributed by atoms with van der Waals surface area (Å²) in [5.41, 5.74) is 3.00. The summed E-state index contributed by atoms with van der Waals surface area (Å²) in [5, 5.41) is 3.71. The molecule has 0 saturated carbocycles. The maximum Gasteiger partial charge on any atom is 0.161 e. The summed E-state index contributed by atoms with van der Waals surface area (Å²) in [6.45, 7) is 2.56. The zero-order valence-corrected chi connectivity index (χ0v) is 14.4. The van der Waals surface area contributed by atoms with Crippen LogP contribution in [0.15, 0.2) is 47.8 Å². The Hall–Kier alpha value is -2.04. The second-order valence-corrected chi connectivity index (χ2v) is 6.14. The molecule has 2 aromatic carbocycles. The maximum absolute atomic E-state index is 5.93. The topological polar surface area (TPSA) is 31.4 Å². The molecule has 0 aliphatic rings. The molecule has 3 rings (SSSR count). The zero-order valence-electron chi connectivity index (χ0n) is 12.9. The molecule has 3 aromatic rings. The summed E-state index contributed by atoms with van der Waals surface area (Å²) in [4.78, 5) is 4.71. The van der Waals surface area contributed by atoms with Crippen LogP contribution in [0, 0.1) is 0 Å². The Labute approximate surface area is 144 Å². The fraction of sp³-hybridized carbons (Fsp3) is 0.167. The molecule has 118 valence electrons. The SMILES string of the molecule is CCOc1ccc(-c2nc(-c3ccc(Cl)cc3)cs2)cc1OC. The number of nitrogens with zero attached hydrogens (tertiary/aromatic N) is 1. The van der Waals surface area contributed by atoms with Gasteiger partial charge in [0.2, 0.25) is 0 Å². The first-order valence-electron chi connectivity index (χ1n) is 7.24. The Morgan fingerprint density at radius 1 is 1.04 bits per heavy atom. The molecule has 5 heteroatoms. The second kappa shape index (κ2) is 7.02. The molecule has 0 N–H and O–H groups in total. The molecular formula is C18H16ClNO2S. The number of methoxy groups -OCH3 is 1. The third kappa shape index (κ3) is 3.49. The second-order valence-electron chi connectivity index (χ2n) is 4.84. The molecule has 0 aliphatic heterocycles. The molecule has 0 spiro atoms. The summed E-state index contributed by atoms with van der Waals surface area (Å²) in [7, 11) is 1.64. The number of aromatic nitrogens is 1. The molecule has 1 aromatic heterocycles. The fourth-order valence-corrected chi connectivity index (χ4v) is 3.19. The minimum atomic E-state index is 0.605. The first-order valence-corrected chi connectivity index (χ1v) is 8.49. The normalized spacial score (nSPS) is 10.6. The van der Waals surface area contributed by atoms with E-state index in [4.69, 9.17) is 26.1 Å². The van der Waals surface area contributed by atoms with Gasteiger partial charge in [-0.15, -0.1) is 11.3 Å². The van der Waals surface area contributed by atoms with Crippen LogP contribution < -0.4 is 9.47 Å². The van der Waals surface area contributed by atoms with Gasteiger partial charge in [-0.25, -0.2) is 4.98 Å². The number of hydrogen-bond acceptors (Lipinski definition) is 4. The van der Waals surface area contributed by atoms with Crippen LogP contribution in [0.5, 0.6) is 11.5 Å². The number of thiazole rings is 1. The first-order chi connectivity index (χ1) is 11.2. The van der Waals surface area contributed by atoms with Crippen LogP contribution in [0.2, 0.25) is 5.02 Å². The van der Waals surface area contributed by atoms with E-state index < -0.39 is 0 Å². The number of benzene rings is 2. The van der Waals surface area contributed by atoms with Crippen LogP contribution in [0.3, 0.4) is 0 Å². The smallest absolute Gasteiger partial charge is 0.161 e. The minimum Gasteiger partial charge on any atom is -0.493 e. The van der Waals surface area contributed by atoms with Crippen molar-refractivity contribution in [3.63, 3.8) is 0 Å². The van der Waals surface area contributed by atoms with Gasteiger partial charge in [0.25, 0.3) is 0 Å². The van der Waals surface area contributed by atoms with Gasteiger partial charge in [-0.1, -0.05) is 23.7 Å². The molecule has 0 aliphatic carbocycles. The molecular weight excluding hydrogens is 330 g/mol. The predicted octanol–water partition coefficient (Wildman–Crippen LogP) is 5.54. The quantitative estimate of drug-likeness (QED) is 0.608. The van der Waals surface area contributed by atoms with Crippen molar-refractivity contribution >= 4 is 22.9 Å². The van der Waals surface area contributed by atoms with Crippen LogP contribution in [0.4, 0.5) is 0 Å². The van der Waals surface area contributed by atoms with Crippen molar-refractivity contribution in [2.24, 2.45) is 0 Å². The molecule has 0 bridgehead atoms. The zero-order chi connectivity index (χ0) is 16.2. The maximum atomic E-state index is 5.93. The lowest BCUT2D eigenvalue weighted by molar-refractivity contribution is 0.311. The number of ether oxygens (including phenoxy) is 2. The third-order valence-corrected chi connectivity index (χ3v) is 4.50. The molecule has 0 radical (unpaired) electrons. The summed E-state index contributed by atoms with van der Waals surface area (Å²) in [6.07, 6.45) is 0. The van der Waals surface area contributed by atoms with Crippen LogP contribution in [-0.2, 0) is 0 Å². The molecule has 0 atom stereocenters. The van der Waals surface area contributed by atoms with Gasteiger partial charge in [-0.3, -0.25) is 0 Å². The molecule has 3 nitrogen and oxygen atoms in total. The van der Waals surface area contributed by atoms with Crippen LogP contribution in [-0.4, -0.2) is 18.7 Å². The number of rotatable bonds is 5. The van der Waals surface area contributed by atoms with Crippen LogP contribution >= 0.6 is 22.9 Å². The highest BCUT2D eigenvalue weighted by atomic mass is 35.5. The van der Waals surface area contributed by atoms with Gasteiger partial charge in [-0.05, 0) is 37.3 Å². The van der Waals surface area contributed by atoms with Gasteiger partial charge < -0.3 is 9.47 Å². The van der Waals surface area contributed by atoms with Gasteiger partial charge in [-0.2, -0.15) is 0 Å². The summed E-state index contributed by atoms with van der Waals surface area (Å²) in [6, 6.07) is 13.6. The third-order valence-electron chi connectivity index (χ3n) is 3.35. The lowest BCUT2D eigenvalue weighted by Gasteiger charge is -2.09. The Morgan fingerprint density at radius 3 is 2.48 bits per heavy atom.